The fraction of sp³-hybridized carbons (Fsp3) is 0.316. The lowest BCUT2D eigenvalue weighted by atomic mass is 9.76. The zero-order chi connectivity index (χ0) is 20.6. The molecule has 2 unspecified atom stereocenters. The van der Waals surface area contributed by atoms with Gasteiger partial charge in [-0.2, -0.15) is 0 Å². The molecule has 152 valence electrons. The standard InChI is InChI=1S/C19H17Cl2FN4O2S/c20-11-5-14(21)16(24-7-11)17(27)25-12-1-2-15(22)13(6-12)19-9-28-4-3-10(19)8-29-18(23)26-19/h1-2,5-7,10H,3-4,8-9H2,(H2,23,26)(H,25,27). The van der Waals surface area contributed by atoms with Gasteiger partial charge in [-0.15, -0.1) is 0 Å². The Morgan fingerprint density at radius 3 is 3.00 bits per heavy atom. The van der Waals surface area contributed by atoms with Crippen molar-refractivity contribution in [1.29, 1.82) is 0 Å². The van der Waals surface area contributed by atoms with E-state index in [1.807, 2.05) is 0 Å². The monoisotopic (exact) mass is 454 g/mol. The van der Waals surface area contributed by atoms with Gasteiger partial charge in [0.15, 0.2) is 5.17 Å². The highest BCUT2D eigenvalue weighted by molar-refractivity contribution is 8.13. The van der Waals surface area contributed by atoms with Crippen LogP contribution in [0.2, 0.25) is 10.0 Å². The maximum Gasteiger partial charge on any atom is 0.275 e. The molecule has 0 bridgehead atoms. The molecular weight excluding hydrogens is 438 g/mol. The van der Waals surface area contributed by atoms with Crippen LogP contribution in [0, 0.1) is 11.7 Å². The minimum Gasteiger partial charge on any atom is -0.379 e. The number of nitrogens with one attached hydrogen (secondary N) is 1. The fourth-order valence-corrected chi connectivity index (χ4v) is 5.14. The Labute approximate surface area is 181 Å². The van der Waals surface area contributed by atoms with Gasteiger partial charge < -0.3 is 15.8 Å². The number of fused-ring (bicyclic) bond motifs is 1. The summed E-state index contributed by atoms with van der Waals surface area (Å²) in [5.41, 5.74) is 5.82. The molecule has 10 heteroatoms. The number of carbonyl (C=O) groups is 1. The highest BCUT2D eigenvalue weighted by atomic mass is 35.5. The number of amides is 1. The number of nitrogens with two attached hydrogens (primary N) is 1. The van der Waals surface area contributed by atoms with Gasteiger partial charge in [-0.25, -0.2) is 14.4 Å². The molecule has 3 heterocycles. The molecule has 3 N–H and O–H groups in total. The van der Waals surface area contributed by atoms with E-state index in [9.17, 15) is 9.18 Å². The number of rotatable bonds is 3. The Morgan fingerprint density at radius 2 is 2.21 bits per heavy atom. The van der Waals surface area contributed by atoms with Gasteiger partial charge in [-0.3, -0.25) is 4.79 Å². The fourth-order valence-electron chi connectivity index (χ4n) is 3.63. The topological polar surface area (TPSA) is 89.6 Å². The van der Waals surface area contributed by atoms with Crippen LogP contribution in [-0.4, -0.2) is 35.0 Å². The van der Waals surface area contributed by atoms with Crippen LogP contribution in [0.1, 0.15) is 22.5 Å². The molecular formula is C19H17Cl2FN4O2S. The van der Waals surface area contributed by atoms with Crippen molar-refractivity contribution >= 4 is 51.7 Å². The number of thioether (sulfide) groups is 1. The molecule has 1 saturated heterocycles. The van der Waals surface area contributed by atoms with Crippen molar-refractivity contribution in [1.82, 2.24) is 4.98 Å². The highest BCUT2D eigenvalue weighted by Gasteiger charge is 2.47. The largest absolute Gasteiger partial charge is 0.379 e. The van der Waals surface area contributed by atoms with Crippen LogP contribution in [0.15, 0.2) is 35.5 Å². The maximum atomic E-state index is 14.9. The zero-order valence-corrected chi connectivity index (χ0v) is 17.5. The number of amidine groups is 1. The van der Waals surface area contributed by atoms with Crippen LogP contribution in [0.5, 0.6) is 0 Å². The van der Waals surface area contributed by atoms with E-state index in [2.05, 4.69) is 15.3 Å². The van der Waals surface area contributed by atoms with Crippen molar-refractivity contribution in [2.24, 2.45) is 16.6 Å². The van der Waals surface area contributed by atoms with E-state index in [1.165, 1.54) is 36.2 Å². The molecule has 29 heavy (non-hydrogen) atoms. The lowest BCUT2D eigenvalue weighted by molar-refractivity contribution is 0.00304. The molecule has 4 rings (SSSR count). The molecule has 0 aliphatic carbocycles. The number of hydrogen-bond acceptors (Lipinski definition) is 6. The van der Waals surface area contributed by atoms with Crippen LogP contribution in [0.3, 0.4) is 0 Å². The van der Waals surface area contributed by atoms with Gasteiger partial charge in [0, 0.05) is 35.7 Å². The number of ether oxygens (including phenoxy) is 1. The number of aliphatic imine (C=N–C) groups is 1. The number of benzene rings is 1. The summed E-state index contributed by atoms with van der Waals surface area (Å²) in [6.07, 6.45) is 2.09. The minimum absolute atomic E-state index is 0.0234. The second-order valence-electron chi connectivity index (χ2n) is 6.86. The van der Waals surface area contributed by atoms with Crippen molar-refractivity contribution < 1.29 is 13.9 Å². The van der Waals surface area contributed by atoms with Gasteiger partial charge in [-0.05, 0) is 30.7 Å². The molecule has 2 aromatic rings. The molecule has 2 aliphatic heterocycles. The summed E-state index contributed by atoms with van der Waals surface area (Å²) >= 11 is 13.3. The number of halogens is 3. The average molecular weight is 455 g/mol. The predicted molar refractivity (Wildman–Crippen MR) is 113 cm³/mol. The van der Waals surface area contributed by atoms with Gasteiger partial charge in [-0.1, -0.05) is 35.0 Å². The molecule has 2 atom stereocenters. The van der Waals surface area contributed by atoms with Gasteiger partial charge in [0.2, 0.25) is 0 Å². The summed E-state index contributed by atoms with van der Waals surface area (Å²) in [5, 5.41) is 3.55. The minimum atomic E-state index is -0.908. The van der Waals surface area contributed by atoms with E-state index in [0.29, 0.717) is 28.0 Å². The summed E-state index contributed by atoms with van der Waals surface area (Å²) in [7, 11) is 0. The second kappa shape index (κ2) is 8.10. The molecule has 1 amide bonds. The summed E-state index contributed by atoms with van der Waals surface area (Å²) < 4.78 is 20.5. The third kappa shape index (κ3) is 3.94. The normalized spacial score (nSPS) is 23.8. The molecule has 6 nitrogen and oxygen atoms in total. The maximum absolute atomic E-state index is 14.9. The van der Waals surface area contributed by atoms with Gasteiger partial charge in [0.1, 0.15) is 17.1 Å². The highest BCUT2D eigenvalue weighted by Crippen LogP contribution is 2.45. The Balaban J connectivity index is 1.69. The van der Waals surface area contributed by atoms with Crippen LogP contribution in [0.25, 0.3) is 0 Å². The average Bonchev–Trinajstić information content (AvgIpc) is 2.69. The Hall–Kier alpha value is -1.87. The van der Waals surface area contributed by atoms with E-state index in [-0.39, 0.29) is 23.2 Å². The summed E-state index contributed by atoms with van der Waals surface area (Å²) in [6.45, 7) is 0.832. The van der Waals surface area contributed by atoms with Crippen molar-refractivity contribution in [2.75, 3.05) is 24.3 Å². The summed E-state index contributed by atoms with van der Waals surface area (Å²) in [5.74, 6) is -0.134. The zero-order valence-electron chi connectivity index (χ0n) is 15.1. The molecule has 0 spiro atoms. The number of pyridine rings is 1. The first-order valence-corrected chi connectivity index (χ1v) is 10.6. The Morgan fingerprint density at radius 1 is 1.38 bits per heavy atom. The molecule has 1 aromatic carbocycles. The van der Waals surface area contributed by atoms with Crippen molar-refractivity contribution in [2.45, 2.75) is 12.0 Å². The van der Waals surface area contributed by atoms with Crippen LogP contribution >= 0.6 is 35.0 Å². The quantitative estimate of drug-likeness (QED) is 0.729. The second-order valence-corrected chi connectivity index (χ2v) is 8.74. The summed E-state index contributed by atoms with van der Waals surface area (Å²) in [4.78, 5) is 21.1. The smallest absolute Gasteiger partial charge is 0.275 e. The van der Waals surface area contributed by atoms with Gasteiger partial charge in [0.05, 0.1) is 16.7 Å². The molecule has 0 saturated carbocycles. The summed E-state index contributed by atoms with van der Waals surface area (Å²) in [6, 6.07) is 5.78. The number of aromatic nitrogens is 1. The van der Waals surface area contributed by atoms with Gasteiger partial charge in [0.25, 0.3) is 5.91 Å². The molecule has 2 aliphatic rings. The van der Waals surface area contributed by atoms with E-state index >= 15 is 0 Å². The number of nitrogens with zero attached hydrogens (tertiary/aromatic N) is 2. The Bertz CT molecular complexity index is 1010. The number of carbonyl (C=O) groups excluding carboxylic acids is 1. The van der Waals surface area contributed by atoms with Crippen molar-refractivity contribution in [3.8, 4) is 0 Å². The number of hydrogen-bond donors (Lipinski definition) is 2. The first-order valence-electron chi connectivity index (χ1n) is 8.87. The van der Waals surface area contributed by atoms with E-state index in [1.54, 1.807) is 6.07 Å². The third-order valence-corrected chi connectivity index (χ3v) is 6.51. The van der Waals surface area contributed by atoms with E-state index in [0.717, 1.165) is 12.2 Å². The third-order valence-electron chi connectivity index (χ3n) is 5.06. The molecule has 1 fully saturated rings. The first kappa shape index (κ1) is 20.4. The Kier molecular flexibility index (Phi) is 5.70. The lowest BCUT2D eigenvalue weighted by Gasteiger charge is -2.43. The SMILES string of the molecule is NC1=NC2(c3cc(NC(=O)c4ncc(Cl)cc4Cl)ccc3F)COCCC2CS1. The van der Waals surface area contributed by atoms with Crippen LogP contribution < -0.4 is 11.1 Å². The predicted octanol–water partition coefficient (Wildman–Crippen LogP) is 4.07. The first-order chi connectivity index (χ1) is 13.9. The van der Waals surface area contributed by atoms with Crippen LogP contribution in [-0.2, 0) is 10.3 Å². The van der Waals surface area contributed by atoms with Gasteiger partial charge >= 0.3 is 0 Å². The van der Waals surface area contributed by atoms with Crippen molar-refractivity contribution in [3.05, 3.63) is 57.6 Å². The van der Waals surface area contributed by atoms with Crippen molar-refractivity contribution in [3.63, 3.8) is 0 Å². The van der Waals surface area contributed by atoms with E-state index in [4.69, 9.17) is 33.7 Å². The number of anilines is 1. The molecule has 0 radical (unpaired) electrons. The molecule has 1 aromatic heterocycles. The van der Waals surface area contributed by atoms with E-state index < -0.39 is 17.3 Å². The lowest BCUT2D eigenvalue weighted by Crippen LogP contribution is -2.48. The van der Waals surface area contributed by atoms with Crippen LogP contribution in [0.4, 0.5) is 10.1 Å².